The lowest BCUT2D eigenvalue weighted by atomic mass is 10.1. The average Bonchev–Trinajstić information content (AvgIpc) is 2.88. The highest BCUT2D eigenvalue weighted by Gasteiger charge is 2.21. The van der Waals surface area contributed by atoms with Crippen LogP contribution in [-0.2, 0) is 0 Å². The molecule has 0 saturated carbocycles. The van der Waals surface area contributed by atoms with Gasteiger partial charge in [-0.1, -0.05) is 6.92 Å². The molecule has 2 heterocycles. The molecule has 84 valence electrons. The number of rotatable bonds is 4. The molecule has 2 atom stereocenters. The average molecular weight is 225 g/mol. The minimum Gasteiger partial charge on any atom is -0.319 e. The van der Waals surface area contributed by atoms with Crippen LogP contribution in [0, 0.1) is 0 Å². The van der Waals surface area contributed by atoms with Crippen LogP contribution in [-0.4, -0.2) is 34.9 Å². The van der Waals surface area contributed by atoms with Crippen LogP contribution in [0.4, 0.5) is 0 Å². The van der Waals surface area contributed by atoms with Gasteiger partial charge in [0.05, 0.1) is 6.04 Å². The molecule has 0 radical (unpaired) electrons. The highest BCUT2D eigenvalue weighted by atomic mass is 32.2. The Morgan fingerprint density at radius 3 is 3.27 bits per heavy atom. The van der Waals surface area contributed by atoms with Gasteiger partial charge in [-0.15, -0.1) is 0 Å². The SMILES string of the molecule is CNCC(C)c1ccnn1C1CCSC1. The van der Waals surface area contributed by atoms with Crippen molar-refractivity contribution in [1.82, 2.24) is 15.1 Å². The third-order valence-electron chi connectivity index (χ3n) is 2.97. The summed E-state index contributed by atoms with van der Waals surface area (Å²) in [5.74, 6) is 3.05. The Kier molecular flexibility index (Phi) is 3.70. The second kappa shape index (κ2) is 5.03. The first kappa shape index (κ1) is 11.0. The van der Waals surface area contributed by atoms with Crippen LogP contribution < -0.4 is 5.32 Å². The van der Waals surface area contributed by atoms with Crippen molar-refractivity contribution in [3.63, 3.8) is 0 Å². The van der Waals surface area contributed by atoms with Gasteiger partial charge in [0.1, 0.15) is 0 Å². The molecule has 0 aliphatic carbocycles. The van der Waals surface area contributed by atoms with E-state index in [4.69, 9.17) is 0 Å². The molecule has 1 aliphatic heterocycles. The van der Waals surface area contributed by atoms with Crippen LogP contribution in [0.25, 0.3) is 0 Å². The molecule has 3 nitrogen and oxygen atoms in total. The fourth-order valence-electron chi connectivity index (χ4n) is 2.15. The third-order valence-corrected chi connectivity index (χ3v) is 4.11. The quantitative estimate of drug-likeness (QED) is 0.848. The Morgan fingerprint density at radius 2 is 2.60 bits per heavy atom. The summed E-state index contributed by atoms with van der Waals surface area (Å²) in [7, 11) is 2.00. The van der Waals surface area contributed by atoms with Crippen molar-refractivity contribution in [3.05, 3.63) is 18.0 Å². The lowest BCUT2D eigenvalue weighted by molar-refractivity contribution is 0.464. The summed E-state index contributed by atoms with van der Waals surface area (Å²) in [5.41, 5.74) is 1.37. The molecule has 0 aromatic carbocycles. The summed E-state index contributed by atoms with van der Waals surface area (Å²) in [6.45, 7) is 3.28. The van der Waals surface area contributed by atoms with E-state index in [-0.39, 0.29) is 0 Å². The van der Waals surface area contributed by atoms with Gasteiger partial charge < -0.3 is 5.32 Å². The van der Waals surface area contributed by atoms with Gasteiger partial charge in [-0.3, -0.25) is 4.68 Å². The molecule has 0 bridgehead atoms. The first-order valence-corrected chi connectivity index (χ1v) is 6.74. The maximum Gasteiger partial charge on any atom is 0.0620 e. The van der Waals surface area contributed by atoms with Crippen LogP contribution in [0.15, 0.2) is 12.3 Å². The molecule has 1 fully saturated rings. The van der Waals surface area contributed by atoms with E-state index in [2.05, 4.69) is 28.1 Å². The number of aromatic nitrogens is 2. The largest absolute Gasteiger partial charge is 0.319 e. The zero-order valence-corrected chi connectivity index (χ0v) is 10.3. The molecule has 1 aromatic heterocycles. The Morgan fingerprint density at radius 1 is 1.73 bits per heavy atom. The van der Waals surface area contributed by atoms with Crippen molar-refractivity contribution < 1.29 is 0 Å². The summed E-state index contributed by atoms with van der Waals surface area (Å²) in [4.78, 5) is 0. The van der Waals surface area contributed by atoms with Gasteiger partial charge in [-0.05, 0) is 25.3 Å². The second-order valence-electron chi connectivity index (χ2n) is 4.18. The topological polar surface area (TPSA) is 29.9 Å². The molecule has 0 amide bonds. The molecule has 1 aliphatic rings. The third kappa shape index (κ3) is 2.37. The van der Waals surface area contributed by atoms with E-state index >= 15 is 0 Å². The molecule has 0 spiro atoms. The maximum atomic E-state index is 4.48. The van der Waals surface area contributed by atoms with Crippen molar-refractivity contribution in [2.45, 2.75) is 25.3 Å². The smallest absolute Gasteiger partial charge is 0.0620 e. The molecule has 1 aromatic rings. The highest BCUT2D eigenvalue weighted by Crippen LogP contribution is 2.29. The molecule has 15 heavy (non-hydrogen) atoms. The van der Waals surface area contributed by atoms with Crippen LogP contribution in [0.3, 0.4) is 0 Å². The number of likely N-dealkylation sites (N-methyl/N-ethyl adjacent to an activating group) is 1. The summed E-state index contributed by atoms with van der Waals surface area (Å²) in [6, 6.07) is 2.78. The Hall–Kier alpha value is -0.480. The zero-order chi connectivity index (χ0) is 10.7. The minimum atomic E-state index is 0.545. The van der Waals surface area contributed by atoms with E-state index in [1.807, 2.05) is 25.0 Å². The van der Waals surface area contributed by atoms with Gasteiger partial charge in [0, 0.05) is 30.1 Å². The highest BCUT2D eigenvalue weighted by molar-refractivity contribution is 7.99. The molecule has 2 unspecified atom stereocenters. The first-order chi connectivity index (χ1) is 7.33. The Bertz CT molecular complexity index is 305. The van der Waals surface area contributed by atoms with Crippen LogP contribution in [0.1, 0.15) is 31.0 Å². The summed E-state index contributed by atoms with van der Waals surface area (Å²) in [6.07, 6.45) is 3.20. The van der Waals surface area contributed by atoms with Crippen molar-refractivity contribution in [1.29, 1.82) is 0 Å². The number of hydrogen-bond donors (Lipinski definition) is 1. The lowest BCUT2D eigenvalue weighted by Gasteiger charge is -2.17. The summed E-state index contributed by atoms with van der Waals surface area (Å²) < 4.78 is 2.24. The van der Waals surface area contributed by atoms with E-state index < -0.39 is 0 Å². The fraction of sp³-hybridized carbons (Fsp3) is 0.727. The van der Waals surface area contributed by atoms with Crippen molar-refractivity contribution in [3.8, 4) is 0 Å². The Balaban J connectivity index is 2.13. The van der Waals surface area contributed by atoms with Crippen molar-refractivity contribution >= 4 is 11.8 Å². The molecular formula is C11H19N3S. The first-order valence-electron chi connectivity index (χ1n) is 5.58. The van der Waals surface area contributed by atoms with Crippen LogP contribution in [0.5, 0.6) is 0 Å². The van der Waals surface area contributed by atoms with Crippen LogP contribution in [0.2, 0.25) is 0 Å². The van der Waals surface area contributed by atoms with E-state index in [1.54, 1.807) is 0 Å². The normalized spacial score (nSPS) is 23.2. The van der Waals surface area contributed by atoms with E-state index in [0.717, 1.165) is 6.54 Å². The molecule has 2 rings (SSSR count). The van der Waals surface area contributed by atoms with E-state index in [9.17, 15) is 0 Å². The van der Waals surface area contributed by atoms with E-state index in [1.165, 1.54) is 23.6 Å². The summed E-state index contributed by atoms with van der Waals surface area (Å²) in [5, 5.41) is 7.70. The van der Waals surface area contributed by atoms with Crippen molar-refractivity contribution in [2.24, 2.45) is 0 Å². The lowest BCUT2D eigenvalue weighted by Crippen LogP contribution is -2.20. The van der Waals surface area contributed by atoms with Crippen LogP contribution >= 0.6 is 11.8 Å². The van der Waals surface area contributed by atoms with Gasteiger partial charge in [-0.2, -0.15) is 16.9 Å². The number of thioether (sulfide) groups is 1. The number of nitrogens with one attached hydrogen (secondary N) is 1. The summed E-state index contributed by atoms with van der Waals surface area (Å²) >= 11 is 2.04. The molecule has 1 saturated heterocycles. The predicted molar refractivity (Wildman–Crippen MR) is 65.5 cm³/mol. The van der Waals surface area contributed by atoms with E-state index in [0.29, 0.717) is 12.0 Å². The van der Waals surface area contributed by atoms with Crippen molar-refractivity contribution in [2.75, 3.05) is 25.1 Å². The monoisotopic (exact) mass is 225 g/mol. The number of hydrogen-bond acceptors (Lipinski definition) is 3. The maximum absolute atomic E-state index is 4.48. The number of nitrogens with zero attached hydrogens (tertiary/aromatic N) is 2. The Labute approximate surface area is 95.6 Å². The molecular weight excluding hydrogens is 206 g/mol. The fourth-order valence-corrected chi connectivity index (χ4v) is 3.33. The standard InChI is InChI=1S/C11H19N3S/c1-9(7-12-2)11-3-5-13-14(11)10-4-6-15-8-10/h3,5,9-10,12H,4,6-8H2,1-2H3. The molecule has 4 heteroatoms. The van der Waals surface area contributed by atoms with Gasteiger partial charge >= 0.3 is 0 Å². The van der Waals surface area contributed by atoms with Gasteiger partial charge in [0.25, 0.3) is 0 Å². The second-order valence-corrected chi connectivity index (χ2v) is 5.33. The minimum absolute atomic E-state index is 0.545. The van der Waals surface area contributed by atoms with Gasteiger partial charge in [0.2, 0.25) is 0 Å². The van der Waals surface area contributed by atoms with Gasteiger partial charge in [0.15, 0.2) is 0 Å². The zero-order valence-electron chi connectivity index (χ0n) is 9.44. The predicted octanol–water partition coefficient (Wildman–Crippen LogP) is 1.88. The molecule has 1 N–H and O–H groups in total. The van der Waals surface area contributed by atoms with Gasteiger partial charge in [-0.25, -0.2) is 0 Å².